The highest BCUT2D eigenvalue weighted by atomic mass is 79.9. The SMILES string of the molecule is COc1cc(/C=N\NC(=O)c2ccccc2Br)ccc1OC(=O)c1ccc([N+](=O)[O-])cc1. The van der Waals surface area contributed by atoms with Crippen LogP contribution in [0.5, 0.6) is 11.5 Å². The fourth-order valence-electron chi connectivity index (χ4n) is 2.60. The van der Waals surface area contributed by atoms with Crippen molar-refractivity contribution in [1.29, 1.82) is 0 Å². The van der Waals surface area contributed by atoms with Gasteiger partial charge < -0.3 is 9.47 Å². The standard InChI is InChI=1S/C22H16BrN3O6/c1-31-20-12-14(13-24-25-21(27)17-4-2-3-5-18(17)23)6-11-19(20)32-22(28)15-7-9-16(10-8-15)26(29)30/h2-13H,1H3,(H,25,27)/b24-13-. The molecule has 0 radical (unpaired) electrons. The van der Waals surface area contributed by atoms with E-state index in [9.17, 15) is 19.7 Å². The molecule has 0 atom stereocenters. The van der Waals surface area contributed by atoms with Gasteiger partial charge in [-0.25, -0.2) is 10.2 Å². The van der Waals surface area contributed by atoms with Crippen LogP contribution in [0.25, 0.3) is 0 Å². The number of rotatable bonds is 7. The lowest BCUT2D eigenvalue weighted by atomic mass is 10.2. The summed E-state index contributed by atoms with van der Waals surface area (Å²) in [5, 5.41) is 14.7. The summed E-state index contributed by atoms with van der Waals surface area (Å²) in [6.45, 7) is 0. The van der Waals surface area contributed by atoms with Crippen molar-refractivity contribution in [2.24, 2.45) is 5.10 Å². The minimum absolute atomic E-state index is 0.130. The van der Waals surface area contributed by atoms with Gasteiger partial charge in [0.2, 0.25) is 0 Å². The van der Waals surface area contributed by atoms with Crippen LogP contribution in [0.2, 0.25) is 0 Å². The molecule has 0 fully saturated rings. The van der Waals surface area contributed by atoms with Crippen LogP contribution in [-0.2, 0) is 0 Å². The number of nitro groups is 1. The van der Waals surface area contributed by atoms with Crippen molar-refractivity contribution in [2.75, 3.05) is 7.11 Å². The highest BCUT2D eigenvalue weighted by Crippen LogP contribution is 2.28. The Hall–Kier alpha value is -4.05. The van der Waals surface area contributed by atoms with E-state index in [2.05, 4.69) is 26.5 Å². The first-order chi connectivity index (χ1) is 15.4. The first-order valence-electron chi connectivity index (χ1n) is 9.11. The molecule has 0 spiro atoms. The third-order valence-electron chi connectivity index (χ3n) is 4.20. The largest absolute Gasteiger partial charge is 0.493 e. The summed E-state index contributed by atoms with van der Waals surface area (Å²) in [5.41, 5.74) is 3.48. The van der Waals surface area contributed by atoms with Crippen LogP contribution >= 0.6 is 15.9 Å². The van der Waals surface area contributed by atoms with E-state index in [0.717, 1.165) is 0 Å². The monoisotopic (exact) mass is 497 g/mol. The number of carbonyl (C=O) groups is 2. The minimum Gasteiger partial charge on any atom is -0.493 e. The molecular formula is C22H16BrN3O6. The lowest BCUT2D eigenvalue weighted by molar-refractivity contribution is -0.384. The maximum absolute atomic E-state index is 12.3. The number of methoxy groups -OCH3 is 1. The quantitative estimate of drug-likeness (QED) is 0.170. The molecule has 1 N–H and O–H groups in total. The van der Waals surface area contributed by atoms with Crippen LogP contribution in [0.4, 0.5) is 5.69 Å². The Bertz CT molecular complexity index is 1190. The average molecular weight is 498 g/mol. The second-order valence-corrected chi connectivity index (χ2v) is 7.14. The minimum atomic E-state index is -0.694. The number of amides is 1. The van der Waals surface area contributed by atoms with E-state index >= 15 is 0 Å². The number of nitrogens with zero attached hydrogens (tertiary/aromatic N) is 2. The second-order valence-electron chi connectivity index (χ2n) is 6.28. The summed E-state index contributed by atoms with van der Waals surface area (Å²) in [6, 6.07) is 16.7. The van der Waals surface area contributed by atoms with Crippen LogP contribution < -0.4 is 14.9 Å². The van der Waals surface area contributed by atoms with Gasteiger partial charge >= 0.3 is 5.97 Å². The van der Waals surface area contributed by atoms with Crippen molar-refractivity contribution >= 4 is 39.7 Å². The Morgan fingerprint density at radius 3 is 2.44 bits per heavy atom. The molecule has 3 aromatic carbocycles. The van der Waals surface area contributed by atoms with Crippen molar-refractivity contribution < 1.29 is 24.0 Å². The van der Waals surface area contributed by atoms with E-state index < -0.39 is 10.9 Å². The molecule has 1 amide bonds. The smallest absolute Gasteiger partial charge is 0.343 e. The first kappa shape index (κ1) is 22.6. The number of hydrogen-bond donors (Lipinski definition) is 1. The summed E-state index contributed by atoms with van der Waals surface area (Å²) < 4.78 is 11.2. The van der Waals surface area contributed by atoms with E-state index in [-0.39, 0.29) is 28.7 Å². The zero-order valence-electron chi connectivity index (χ0n) is 16.7. The molecule has 0 aliphatic rings. The average Bonchev–Trinajstić information content (AvgIpc) is 2.80. The molecule has 162 valence electrons. The first-order valence-corrected chi connectivity index (χ1v) is 9.91. The topological polar surface area (TPSA) is 120 Å². The number of benzene rings is 3. The van der Waals surface area contributed by atoms with Crippen LogP contribution in [-0.4, -0.2) is 30.1 Å². The van der Waals surface area contributed by atoms with Crippen molar-refractivity contribution in [3.05, 3.63) is 98.0 Å². The maximum Gasteiger partial charge on any atom is 0.343 e. The highest BCUT2D eigenvalue weighted by molar-refractivity contribution is 9.10. The zero-order chi connectivity index (χ0) is 23.1. The number of non-ortho nitro benzene ring substituents is 1. The zero-order valence-corrected chi connectivity index (χ0v) is 18.2. The molecule has 0 bridgehead atoms. The molecule has 0 saturated carbocycles. The molecule has 0 saturated heterocycles. The number of ether oxygens (including phenoxy) is 2. The number of nitrogens with one attached hydrogen (secondary N) is 1. The maximum atomic E-state index is 12.3. The Balaban J connectivity index is 1.68. The molecule has 0 unspecified atom stereocenters. The lowest BCUT2D eigenvalue weighted by Gasteiger charge is -2.10. The van der Waals surface area contributed by atoms with E-state index in [4.69, 9.17) is 9.47 Å². The van der Waals surface area contributed by atoms with Gasteiger partial charge in [0.1, 0.15) is 0 Å². The van der Waals surface area contributed by atoms with Gasteiger partial charge in [-0.2, -0.15) is 5.10 Å². The molecule has 0 heterocycles. The number of esters is 1. The van der Waals surface area contributed by atoms with Gasteiger partial charge in [0.15, 0.2) is 11.5 Å². The molecule has 10 heteroatoms. The number of nitro benzene ring substituents is 1. The van der Waals surface area contributed by atoms with Gasteiger partial charge in [-0.1, -0.05) is 12.1 Å². The van der Waals surface area contributed by atoms with Crippen molar-refractivity contribution in [3.8, 4) is 11.5 Å². The molecule has 9 nitrogen and oxygen atoms in total. The number of carbonyl (C=O) groups excluding carboxylic acids is 2. The summed E-state index contributed by atoms with van der Waals surface area (Å²) in [5.74, 6) is -0.652. The van der Waals surface area contributed by atoms with Gasteiger partial charge in [0.25, 0.3) is 11.6 Å². The second kappa shape index (κ2) is 10.3. The summed E-state index contributed by atoms with van der Waals surface area (Å²) in [4.78, 5) is 34.7. The number of hydrogen-bond acceptors (Lipinski definition) is 7. The van der Waals surface area contributed by atoms with Gasteiger partial charge in [-0.3, -0.25) is 14.9 Å². The normalized spacial score (nSPS) is 10.6. The van der Waals surface area contributed by atoms with E-state index in [1.807, 2.05) is 0 Å². The molecular weight excluding hydrogens is 482 g/mol. The van der Waals surface area contributed by atoms with Crippen LogP contribution in [0.3, 0.4) is 0 Å². The van der Waals surface area contributed by atoms with Gasteiger partial charge in [0.05, 0.1) is 29.4 Å². The van der Waals surface area contributed by atoms with Gasteiger partial charge in [-0.15, -0.1) is 0 Å². The summed E-state index contributed by atoms with van der Waals surface area (Å²) in [7, 11) is 1.41. The number of halogens is 1. The summed E-state index contributed by atoms with van der Waals surface area (Å²) in [6.07, 6.45) is 1.42. The van der Waals surface area contributed by atoms with Crippen LogP contribution in [0.15, 0.2) is 76.3 Å². The number of hydrazone groups is 1. The third kappa shape index (κ3) is 5.55. The Labute approximate surface area is 190 Å². The third-order valence-corrected chi connectivity index (χ3v) is 4.89. The van der Waals surface area contributed by atoms with Crippen molar-refractivity contribution in [3.63, 3.8) is 0 Å². The summed E-state index contributed by atoms with van der Waals surface area (Å²) >= 11 is 3.31. The molecule has 0 aliphatic heterocycles. The van der Waals surface area contributed by atoms with Gasteiger partial charge in [-0.05, 0) is 64.0 Å². The Morgan fingerprint density at radius 1 is 1.06 bits per heavy atom. The van der Waals surface area contributed by atoms with Crippen LogP contribution in [0, 0.1) is 10.1 Å². The molecule has 0 aromatic heterocycles. The molecule has 32 heavy (non-hydrogen) atoms. The molecule has 0 aliphatic carbocycles. The van der Waals surface area contributed by atoms with Gasteiger partial charge in [0, 0.05) is 16.6 Å². The van der Waals surface area contributed by atoms with E-state index in [1.54, 1.807) is 36.4 Å². The fraction of sp³-hybridized carbons (Fsp3) is 0.0455. The van der Waals surface area contributed by atoms with Crippen molar-refractivity contribution in [2.45, 2.75) is 0 Å². The van der Waals surface area contributed by atoms with E-state index in [0.29, 0.717) is 15.6 Å². The highest BCUT2D eigenvalue weighted by Gasteiger charge is 2.14. The van der Waals surface area contributed by atoms with Crippen LogP contribution in [0.1, 0.15) is 26.3 Å². The lowest BCUT2D eigenvalue weighted by Crippen LogP contribution is -2.18. The fourth-order valence-corrected chi connectivity index (χ4v) is 3.06. The Morgan fingerprint density at radius 2 is 1.78 bits per heavy atom. The molecule has 3 rings (SSSR count). The predicted molar refractivity (Wildman–Crippen MR) is 120 cm³/mol. The predicted octanol–water partition coefficient (Wildman–Crippen LogP) is 4.35. The van der Waals surface area contributed by atoms with E-state index in [1.165, 1.54) is 43.7 Å². The Kier molecular flexibility index (Phi) is 7.29. The van der Waals surface area contributed by atoms with Crippen molar-refractivity contribution in [1.82, 2.24) is 5.43 Å². The molecule has 3 aromatic rings.